The Kier molecular flexibility index (Phi) is 5.60. The van der Waals surface area contributed by atoms with E-state index in [0.29, 0.717) is 22.3 Å². The van der Waals surface area contributed by atoms with E-state index >= 15 is 0 Å². The van der Waals surface area contributed by atoms with E-state index in [0.717, 1.165) is 11.1 Å². The molecule has 0 fully saturated rings. The number of amides is 1. The number of halogens is 1. The summed E-state index contributed by atoms with van der Waals surface area (Å²) in [6, 6.07) is 7.08. The first-order chi connectivity index (χ1) is 11.0. The number of carbonyl (C=O) groups is 1. The van der Waals surface area contributed by atoms with Crippen LogP contribution in [0.1, 0.15) is 11.1 Å². The Labute approximate surface area is 139 Å². The predicted octanol–water partition coefficient (Wildman–Crippen LogP) is 3.71. The predicted molar refractivity (Wildman–Crippen MR) is 91.2 cm³/mol. The van der Waals surface area contributed by atoms with E-state index in [1.807, 2.05) is 13.0 Å². The minimum Gasteiger partial charge on any atom is -0.493 e. The third-order valence-electron chi connectivity index (χ3n) is 3.05. The fraction of sp³-hybridized carbons (Fsp3) is 0.176. The Morgan fingerprint density at radius 2 is 2.04 bits per heavy atom. The molecule has 1 aromatic heterocycles. The number of ether oxygens (including phenoxy) is 2. The van der Waals surface area contributed by atoms with Crippen molar-refractivity contribution in [3.63, 3.8) is 0 Å². The maximum absolute atomic E-state index is 11.9. The molecule has 0 bridgehead atoms. The highest BCUT2D eigenvalue weighted by atomic mass is 35.5. The van der Waals surface area contributed by atoms with Crippen LogP contribution in [0, 0.1) is 6.92 Å². The summed E-state index contributed by atoms with van der Waals surface area (Å²) in [5, 5.41) is 3.10. The lowest BCUT2D eigenvalue weighted by Gasteiger charge is -2.10. The van der Waals surface area contributed by atoms with Gasteiger partial charge < -0.3 is 14.8 Å². The first-order valence-corrected chi connectivity index (χ1v) is 7.24. The van der Waals surface area contributed by atoms with Gasteiger partial charge in [0.1, 0.15) is 5.82 Å². The molecule has 0 aliphatic carbocycles. The molecule has 0 saturated carbocycles. The normalized spacial score (nSPS) is 10.6. The molecule has 2 rings (SSSR count). The van der Waals surface area contributed by atoms with Gasteiger partial charge in [-0.3, -0.25) is 4.79 Å². The van der Waals surface area contributed by atoms with Crippen LogP contribution in [0.5, 0.6) is 11.5 Å². The summed E-state index contributed by atoms with van der Waals surface area (Å²) in [5.74, 6) is 1.18. The molecule has 5 nitrogen and oxygen atoms in total. The Morgan fingerprint density at radius 3 is 2.70 bits per heavy atom. The molecule has 0 saturated heterocycles. The number of carbonyl (C=O) groups excluding carboxylic acids is 1. The molecule has 1 heterocycles. The van der Waals surface area contributed by atoms with Crippen molar-refractivity contribution in [1.82, 2.24) is 4.98 Å². The maximum atomic E-state index is 11.9. The van der Waals surface area contributed by atoms with Crippen LogP contribution in [-0.2, 0) is 4.79 Å². The Bertz CT molecular complexity index is 745. The number of methoxy groups -OCH3 is 2. The number of benzene rings is 1. The molecule has 0 atom stereocenters. The van der Waals surface area contributed by atoms with E-state index < -0.39 is 0 Å². The summed E-state index contributed by atoms with van der Waals surface area (Å²) in [7, 11) is 3.04. The van der Waals surface area contributed by atoms with Crippen molar-refractivity contribution in [1.29, 1.82) is 0 Å². The van der Waals surface area contributed by atoms with Crippen molar-refractivity contribution in [2.75, 3.05) is 19.5 Å². The molecule has 6 heteroatoms. The smallest absolute Gasteiger partial charge is 0.249 e. The molecule has 1 amide bonds. The highest BCUT2D eigenvalue weighted by Gasteiger charge is 2.09. The van der Waals surface area contributed by atoms with E-state index in [2.05, 4.69) is 10.3 Å². The van der Waals surface area contributed by atoms with Gasteiger partial charge in [0.2, 0.25) is 5.91 Å². The Hall–Kier alpha value is -2.53. The third kappa shape index (κ3) is 4.47. The zero-order valence-electron chi connectivity index (χ0n) is 13.1. The minimum absolute atomic E-state index is 0.283. The number of anilines is 1. The molecule has 0 unspecified atom stereocenters. The molecular weight excluding hydrogens is 316 g/mol. The summed E-state index contributed by atoms with van der Waals surface area (Å²) in [6.07, 6.45) is 4.68. The number of hydrogen-bond acceptors (Lipinski definition) is 4. The fourth-order valence-corrected chi connectivity index (χ4v) is 2.27. The highest BCUT2D eigenvalue weighted by molar-refractivity contribution is 6.32. The zero-order chi connectivity index (χ0) is 16.8. The van der Waals surface area contributed by atoms with Crippen LogP contribution in [0.3, 0.4) is 0 Å². The SMILES string of the molecule is COc1cc(/C=C/C(=O)Nc2cc(C)ccn2)cc(Cl)c1OC. The molecule has 2 aromatic rings. The first-order valence-electron chi connectivity index (χ1n) is 6.86. The topological polar surface area (TPSA) is 60.5 Å². The second-order valence-electron chi connectivity index (χ2n) is 4.78. The van der Waals surface area contributed by atoms with Gasteiger partial charge in [-0.1, -0.05) is 11.6 Å². The lowest BCUT2D eigenvalue weighted by atomic mass is 10.2. The number of pyridine rings is 1. The van der Waals surface area contributed by atoms with Crippen LogP contribution in [-0.4, -0.2) is 25.1 Å². The minimum atomic E-state index is -0.283. The third-order valence-corrected chi connectivity index (χ3v) is 3.33. The lowest BCUT2D eigenvalue weighted by molar-refractivity contribution is -0.111. The van der Waals surface area contributed by atoms with E-state index in [4.69, 9.17) is 21.1 Å². The molecule has 0 spiro atoms. The fourth-order valence-electron chi connectivity index (χ4n) is 1.98. The van der Waals surface area contributed by atoms with Crippen LogP contribution >= 0.6 is 11.6 Å². The largest absolute Gasteiger partial charge is 0.493 e. The lowest BCUT2D eigenvalue weighted by Crippen LogP contribution is -2.09. The number of nitrogens with one attached hydrogen (secondary N) is 1. The summed E-state index contributed by atoms with van der Waals surface area (Å²) < 4.78 is 10.4. The molecule has 0 aliphatic rings. The van der Waals surface area contributed by atoms with Crippen molar-refractivity contribution in [2.45, 2.75) is 6.92 Å². The van der Waals surface area contributed by atoms with Crippen molar-refractivity contribution in [3.8, 4) is 11.5 Å². The van der Waals surface area contributed by atoms with Gasteiger partial charge in [-0.2, -0.15) is 0 Å². The van der Waals surface area contributed by atoms with Gasteiger partial charge in [-0.15, -0.1) is 0 Å². The first kappa shape index (κ1) is 16.8. The van der Waals surface area contributed by atoms with E-state index in [9.17, 15) is 4.79 Å². The number of rotatable bonds is 5. The second kappa shape index (κ2) is 7.65. The Morgan fingerprint density at radius 1 is 1.26 bits per heavy atom. The standard InChI is InChI=1S/C17H17ClN2O3/c1-11-6-7-19-15(8-11)20-16(21)5-4-12-9-13(18)17(23-3)14(10-12)22-2/h4-10H,1-3H3,(H,19,20,21)/b5-4+. The number of aromatic nitrogens is 1. The van der Waals surface area contributed by atoms with E-state index in [1.54, 1.807) is 30.5 Å². The van der Waals surface area contributed by atoms with Crippen LogP contribution in [0.15, 0.2) is 36.5 Å². The molecule has 1 N–H and O–H groups in total. The van der Waals surface area contributed by atoms with E-state index in [-0.39, 0.29) is 5.91 Å². The average Bonchev–Trinajstić information content (AvgIpc) is 2.52. The van der Waals surface area contributed by atoms with Gasteiger partial charge >= 0.3 is 0 Å². The van der Waals surface area contributed by atoms with Crippen molar-refractivity contribution < 1.29 is 14.3 Å². The number of aryl methyl sites for hydroxylation is 1. The van der Waals surface area contributed by atoms with Crippen molar-refractivity contribution in [3.05, 3.63) is 52.7 Å². The molecule has 23 heavy (non-hydrogen) atoms. The van der Waals surface area contributed by atoms with Crippen molar-refractivity contribution >= 4 is 29.4 Å². The summed E-state index contributed by atoms with van der Waals surface area (Å²) in [6.45, 7) is 1.93. The van der Waals surface area contributed by atoms with Crippen LogP contribution in [0.4, 0.5) is 5.82 Å². The molecule has 0 aliphatic heterocycles. The Balaban J connectivity index is 2.13. The van der Waals surface area contributed by atoms with Crippen LogP contribution < -0.4 is 14.8 Å². The second-order valence-corrected chi connectivity index (χ2v) is 5.19. The van der Waals surface area contributed by atoms with Gasteiger partial charge in [-0.05, 0) is 48.4 Å². The summed E-state index contributed by atoms with van der Waals surface area (Å²) in [4.78, 5) is 16.0. The molecule has 1 aromatic carbocycles. The average molecular weight is 333 g/mol. The van der Waals surface area contributed by atoms with Crippen LogP contribution in [0.2, 0.25) is 5.02 Å². The highest BCUT2D eigenvalue weighted by Crippen LogP contribution is 2.36. The number of nitrogens with zero attached hydrogens (tertiary/aromatic N) is 1. The van der Waals surface area contributed by atoms with E-state index in [1.165, 1.54) is 20.3 Å². The van der Waals surface area contributed by atoms with Crippen LogP contribution in [0.25, 0.3) is 6.08 Å². The number of hydrogen-bond donors (Lipinski definition) is 1. The van der Waals surface area contributed by atoms with Gasteiger partial charge in [0.05, 0.1) is 19.2 Å². The van der Waals surface area contributed by atoms with Gasteiger partial charge in [0, 0.05) is 12.3 Å². The quantitative estimate of drug-likeness (QED) is 0.848. The molecular formula is C17H17ClN2O3. The van der Waals surface area contributed by atoms with Crippen molar-refractivity contribution in [2.24, 2.45) is 0 Å². The summed E-state index contributed by atoms with van der Waals surface area (Å²) >= 11 is 6.13. The maximum Gasteiger partial charge on any atom is 0.249 e. The monoisotopic (exact) mass is 332 g/mol. The zero-order valence-corrected chi connectivity index (χ0v) is 13.8. The summed E-state index contributed by atoms with van der Waals surface area (Å²) in [5.41, 5.74) is 1.74. The molecule has 120 valence electrons. The van der Waals surface area contributed by atoms with Gasteiger partial charge in [-0.25, -0.2) is 4.98 Å². The van der Waals surface area contributed by atoms with Gasteiger partial charge in [0.15, 0.2) is 11.5 Å². The molecule has 0 radical (unpaired) electrons. The van der Waals surface area contributed by atoms with Gasteiger partial charge in [0.25, 0.3) is 0 Å².